The molecule has 0 radical (unpaired) electrons. The largest absolute Gasteiger partial charge is 0.481 e. The number of hydrogen-bond donors (Lipinski definition) is 7. The van der Waals surface area contributed by atoms with Crippen LogP contribution in [0.4, 0.5) is 0 Å². The summed E-state index contributed by atoms with van der Waals surface area (Å²) in [7, 11) is 0. The molecule has 0 aliphatic carbocycles. The molecule has 0 bridgehead atoms. The zero-order valence-corrected chi connectivity index (χ0v) is 21.6. The van der Waals surface area contributed by atoms with E-state index in [0.717, 1.165) is 0 Å². The van der Waals surface area contributed by atoms with Gasteiger partial charge in [0.2, 0.25) is 17.7 Å². The van der Waals surface area contributed by atoms with Gasteiger partial charge in [0.15, 0.2) is 0 Å². The molecule has 0 aromatic carbocycles. The summed E-state index contributed by atoms with van der Waals surface area (Å²) in [5.74, 6) is -4.03. The molecule has 0 spiro atoms. The minimum atomic E-state index is -1.22. The monoisotopic (exact) mass is 519 g/mol. The fraction of sp³-hybridized carbons (Fsp3) is 0.773. The number of aliphatic carboxylic acids is 2. The number of amides is 3. The lowest BCUT2D eigenvalue weighted by Crippen LogP contribution is -2.57. The molecular formula is C22H41N5O7S. The Kier molecular flexibility index (Phi) is 16.7. The fourth-order valence-corrected chi connectivity index (χ4v) is 3.59. The number of carboxylic acid groups (broad SMARTS) is 2. The summed E-state index contributed by atoms with van der Waals surface area (Å²) in [6.07, 6.45) is 3.37. The summed E-state index contributed by atoms with van der Waals surface area (Å²) >= 11 is 1.43. The maximum atomic E-state index is 13.0. The summed E-state index contributed by atoms with van der Waals surface area (Å²) < 4.78 is 0. The van der Waals surface area contributed by atoms with Gasteiger partial charge in [-0.05, 0) is 56.6 Å². The van der Waals surface area contributed by atoms with Gasteiger partial charge in [-0.3, -0.25) is 19.2 Å². The summed E-state index contributed by atoms with van der Waals surface area (Å²) in [5, 5.41) is 26.0. The first-order valence-electron chi connectivity index (χ1n) is 11.8. The van der Waals surface area contributed by atoms with Crippen LogP contribution in [-0.4, -0.2) is 82.6 Å². The Morgan fingerprint density at radius 2 is 1.40 bits per heavy atom. The van der Waals surface area contributed by atoms with Crippen LogP contribution in [0.3, 0.4) is 0 Å². The first-order chi connectivity index (χ1) is 16.5. The maximum Gasteiger partial charge on any atom is 0.326 e. The van der Waals surface area contributed by atoms with E-state index in [1.54, 1.807) is 6.92 Å². The second kappa shape index (κ2) is 18.0. The van der Waals surface area contributed by atoms with Crippen molar-refractivity contribution < 1.29 is 34.2 Å². The minimum absolute atomic E-state index is 0.162. The van der Waals surface area contributed by atoms with E-state index in [4.69, 9.17) is 16.6 Å². The van der Waals surface area contributed by atoms with Crippen molar-refractivity contribution in [3.63, 3.8) is 0 Å². The van der Waals surface area contributed by atoms with Crippen LogP contribution in [0.25, 0.3) is 0 Å². The van der Waals surface area contributed by atoms with Crippen LogP contribution in [-0.2, 0) is 24.0 Å². The number of thioether (sulfide) groups is 1. The summed E-state index contributed by atoms with van der Waals surface area (Å²) in [4.78, 5) is 61.0. The first-order valence-corrected chi connectivity index (χ1v) is 13.2. The number of hydrogen-bond acceptors (Lipinski definition) is 8. The highest BCUT2D eigenvalue weighted by Gasteiger charge is 2.31. The molecule has 0 fully saturated rings. The van der Waals surface area contributed by atoms with Gasteiger partial charge in [-0.1, -0.05) is 20.3 Å². The Balaban J connectivity index is 5.51. The molecule has 0 heterocycles. The number of nitrogens with two attached hydrogens (primary N) is 2. The average Bonchev–Trinajstić information content (AvgIpc) is 2.81. The quantitative estimate of drug-likeness (QED) is 0.110. The Labute approximate surface area is 210 Å². The van der Waals surface area contributed by atoms with Crippen molar-refractivity contribution >= 4 is 41.4 Å². The molecule has 202 valence electrons. The minimum Gasteiger partial charge on any atom is -0.481 e. The lowest BCUT2D eigenvalue weighted by molar-refractivity contribution is -0.142. The molecular weight excluding hydrogens is 478 g/mol. The normalized spacial score (nSPS) is 15.2. The summed E-state index contributed by atoms with van der Waals surface area (Å²) in [5.41, 5.74) is 11.4. The predicted octanol–water partition coefficient (Wildman–Crippen LogP) is -0.354. The van der Waals surface area contributed by atoms with Gasteiger partial charge in [-0.2, -0.15) is 11.8 Å². The Hall–Kier alpha value is -2.38. The van der Waals surface area contributed by atoms with Gasteiger partial charge in [-0.25, -0.2) is 4.79 Å². The van der Waals surface area contributed by atoms with Crippen LogP contribution in [0.15, 0.2) is 0 Å². The Bertz CT molecular complexity index is 710. The number of carboxylic acids is 2. The van der Waals surface area contributed by atoms with E-state index in [1.807, 2.05) is 13.2 Å². The molecule has 5 unspecified atom stereocenters. The molecule has 0 aliphatic heterocycles. The lowest BCUT2D eigenvalue weighted by atomic mass is 9.98. The van der Waals surface area contributed by atoms with Gasteiger partial charge in [0.25, 0.3) is 0 Å². The van der Waals surface area contributed by atoms with Crippen molar-refractivity contribution in [1.82, 2.24) is 16.0 Å². The predicted molar refractivity (Wildman–Crippen MR) is 134 cm³/mol. The molecule has 3 amide bonds. The van der Waals surface area contributed by atoms with Crippen LogP contribution in [0.1, 0.15) is 58.8 Å². The third kappa shape index (κ3) is 13.3. The fourth-order valence-electron chi connectivity index (χ4n) is 3.12. The maximum absolute atomic E-state index is 13.0. The van der Waals surface area contributed by atoms with E-state index in [1.165, 1.54) is 11.8 Å². The van der Waals surface area contributed by atoms with Gasteiger partial charge in [0, 0.05) is 6.42 Å². The van der Waals surface area contributed by atoms with Gasteiger partial charge < -0.3 is 37.6 Å². The SMILES string of the molecule is CCC(C)C(N)C(=O)NC(CCC(=O)O)C(=O)NC(CCSC)C(=O)NC(CCCCN)C(=O)O. The number of unbranched alkanes of at least 4 members (excludes halogenated alkanes) is 1. The molecule has 0 aliphatic rings. The highest BCUT2D eigenvalue weighted by atomic mass is 32.2. The highest BCUT2D eigenvalue weighted by molar-refractivity contribution is 7.98. The lowest BCUT2D eigenvalue weighted by Gasteiger charge is -2.26. The molecule has 5 atom stereocenters. The second-order valence-corrected chi connectivity index (χ2v) is 9.42. The van der Waals surface area contributed by atoms with E-state index in [9.17, 15) is 29.1 Å². The smallest absolute Gasteiger partial charge is 0.326 e. The topological polar surface area (TPSA) is 214 Å². The first kappa shape index (κ1) is 32.6. The van der Waals surface area contributed by atoms with E-state index < -0.39 is 53.8 Å². The molecule has 35 heavy (non-hydrogen) atoms. The summed E-state index contributed by atoms with van der Waals surface area (Å²) in [6.45, 7) is 4.05. The van der Waals surface area contributed by atoms with Crippen LogP contribution < -0.4 is 27.4 Å². The molecule has 13 heteroatoms. The van der Waals surface area contributed by atoms with Crippen molar-refractivity contribution in [3.8, 4) is 0 Å². The Morgan fingerprint density at radius 1 is 0.857 bits per heavy atom. The van der Waals surface area contributed by atoms with E-state index >= 15 is 0 Å². The van der Waals surface area contributed by atoms with E-state index in [0.29, 0.717) is 31.6 Å². The number of nitrogens with one attached hydrogen (secondary N) is 3. The van der Waals surface area contributed by atoms with Gasteiger partial charge in [0.05, 0.1) is 6.04 Å². The van der Waals surface area contributed by atoms with E-state index in [2.05, 4.69) is 16.0 Å². The number of carbonyl (C=O) groups excluding carboxylic acids is 3. The molecule has 0 aromatic heterocycles. The molecule has 0 rings (SSSR count). The number of rotatable bonds is 19. The van der Waals surface area contributed by atoms with Crippen LogP contribution >= 0.6 is 11.8 Å². The van der Waals surface area contributed by atoms with Crippen LogP contribution in [0, 0.1) is 5.92 Å². The third-order valence-electron chi connectivity index (χ3n) is 5.64. The van der Waals surface area contributed by atoms with Crippen molar-refractivity contribution in [2.45, 2.75) is 83.0 Å². The molecule has 0 saturated heterocycles. The van der Waals surface area contributed by atoms with Gasteiger partial charge in [-0.15, -0.1) is 0 Å². The zero-order chi connectivity index (χ0) is 27.0. The molecule has 0 aromatic rings. The molecule has 12 nitrogen and oxygen atoms in total. The van der Waals surface area contributed by atoms with Crippen molar-refractivity contribution in [1.29, 1.82) is 0 Å². The van der Waals surface area contributed by atoms with Gasteiger partial charge in [0.1, 0.15) is 18.1 Å². The van der Waals surface area contributed by atoms with Gasteiger partial charge >= 0.3 is 11.9 Å². The van der Waals surface area contributed by atoms with Crippen molar-refractivity contribution in [2.24, 2.45) is 17.4 Å². The average molecular weight is 520 g/mol. The van der Waals surface area contributed by atoms with Crippen molar-refractivity contribution in [2.75, 3.05) is 18.6 Å². The summed E-state index contributed by atoms with van der Waals surface area (Å²) in [6, 6.07) is -4.32. The molecule has 9 N–H and O–H groups in total. The second-order valence-electron chi connectivity index (χ2n) is 8.43. The molecule has 0 saturated carbocycles. The number of carbonyl (C=O) groups is 5. The van der Waals surface area contributed by atoms with E-state index in [-0.39, 0.29) is 31.6 Å². The Morgan fingerprint density at radius 3 is 1.89 bits per heavy atom. The van der Waals surface area contributed by atoms with Crippen LogP contribution in [0.5, 0.6) is 0 Å². The highest BCUT2D eigenvalue weighted by Crippen LogP contribution is 2.09. The standard InChI is InChI=1S/C22H41N5O7S/c1-4-13(2)18(24)21(32)26-14(8-9-17(28)29)19(30)25-15(10-12-35-3)20(31)27-16(22(33)34)7-5-6-11-23/h13-16,18H,4-12,23-24H2,1-3H3,(H,25,30)(H,26,32)(H,27,31)(H,28,29)(H,33,34). The zero-order valence-electron chi connectivity index (χ0n) is 20.7. The third-order valence-corrected chi connectivity index (χ3v) is 6.29. The van der Waals surface area contributed by atoms with Crippen LogP contribution in [0.2, 0.25) is 0 Å². The van der Waals surface area contributed by atoms with Crippen molar-refractivity contribution in [3.05, 3.63) is 0 Å².